The number of ether oxygens (including phenoxy) is 1. The first-order valence-corrected chi connectivity index (χ1v) is 8.10. The number of rotatable bonds is 4. The number of amides is 1. The summed E-state index contributed by atoms with van der Waals surface area (Å²) in [7, 11) is 0. The van der Waals surface area contributed by atoms with Gasteiger partial charge >= 0.3 is 6.09 Å². The van der Waals surface area contributed by atoms with Crippen molar-refractivity contribution in [3.8, 4) is 0 Å². The molecule has 0 spiro atoms. The van der Waals surface area contributed by atoms with Crippen LogP contribution in [0.25, 0.3) is 0 Å². The molecule has 2 fully saturated rings. The van der Waals surface area contributed by atoms with E-state index in [2.05, 4.69) is 5.32 Å². The molecule has 2 saturated carbocycles. The monoisotopic (exact) mass is 287 g/mol. The van der Waals surface area contributed by atoms with Crippen LogP contribution >= 0.6 is 12.0 Å². The van der Waals surface area contributed by atoms with E-state index in [-0.39, 0.29) is 17.0 Å². The molecular formula is C14H25NO3S. The largest absolute Gasteiger partial charge is 0.444 e. The Morgan fingerprint density at radius 2 is 1.89 bits per heavy atom. The second kappa shape index (κ2) is 5.17. The number of fused-ring (bicyclic) bond motifs is 2. The van der Waals surface area contributed by atoms with E-state index in [1.165, 1.54) is 12.0 Å². The van der Waals surface area contributed by atoms with E-state index in [1.54, 1.807) is 0 Å². The van der Waals surface area contributed by atoms with Gasteiger partial charge in [0.05, 0.1) is 6.61 Å². The fourth-order valence-electron chi connectivity index (χ4n) is 3.40. The highest BCUT2D eigenvalue weighted by atomic mass is 32.2. The number of hydrogen-bond donors (Lipinski definition) is 1. The average molecular weight is 287 g/mol. The second-order valence-corrected chi connectivity index (χ2v) is 7.58. The van der Waals surface area contributed by atoms with Crippen LogP contribution in [0.15, 0.2) is 0 Å². The van der Waals surface area contributed by atoms with Crippen molar-refractivity contribution < 1.29 is 13.7 Å². The minimum atomic E-state index is -0.434. The quantitative estimate of drug-likeness (QED) is 0.804. The summed E-state index contributed by atoms with van der Waals surface area (Å²) in [6.07, 6.45) is 7.07. The van der Waals surface area contributed by atoms with E-state index < -0.39 is 5.60 Å². The highest BCUT2D eigenvalue weighted by Gasteiger charge is 2.55. The summed E-state index contributed by atoms with van der Waals surface area (Å²) in [6, 6.07) is 0. The Morgan fingerprint density at radius 3 is 2.42 bits per heavy atom. The Labute approximate surface area is 120 Å². The molecule has 2 aliphatic carbocycles. The molecule has 1 amide bonds. The van der Waals surface area contributed by atoms with Crippen molar-refractivity contribution in [1.29, 1.82) is 0 Å². The third kappa shape index (κ3) is 3.57. The van der Waals surface area contributed by atoms with Gasteiger partial charge in [-0.2, -0.15) is 0 Å². The lowest BCUT2D eigenvalue weighted by atomic mass is 9.85. The lowest BCUT2D eigenvalue weighted by molar-refractivity contribution is 0.0458. The summed E-state index contributed by atoms with van der Waals surface area (Å²) in [4.78, 5) is 11.9. The van der Waals surface area contributed by atoms with Crippen LogP contribution in [0.4, 0.5) is 4.79 Å². The molecule has 0 aromatic rings. The number of nitrogens with one attached hydrogen (secondary N) is 1. The Morgan fingerprint density at radius 1 is 1.26 bits per heavy atom. The molecule has 5 heteroatoms. The van der Waals surface area contributed by atoms with Gasteiger partial charge in [0.1, 0.15) is 5.60 Å². The summed E-state index contributed by atoms with van der Waals surface area (Å²) >= 11 is 1.43. The zero-order chi connectivity index (χ0) is 14.1. The maximum atomic E-state index is 11.9. The van der Waals surface area contributed by atoms with Crippen LogP contribution in [-0.4, -0.2) is 30.1 Å². The molecular weight excluding hydrogens is 262 g/mol. The molecule has 0 aromatic carbocycles. The van der Waals surface area contributed by atoms with Gasteiger partial charge in [-0.05, 0) is 70.3 Å². The molecule has 2 aliphatic rings. The maximum Gasteiger partial charge on any atom is 0.408 e. The number of carbonyl (C=O) groups excluding carboxylic acids is 1. The molecule has 0 unspecified atom stereocenters. The molecule has 19 heavy (non-hydrogen) atoms. The van der Waals surface area contributed by atoms with Gasteiger partial charge in [-0.1, -0.05) is 0 Å². The molecule has 0 aromatic heterocycles. The zero-order valence-electron chi connectivity index (χ0n) is 12.4. The molecule has 4 nitrogen and oxygen atoms in total. The topological polar surface area (TPSA) is 47.6 Å². The van der Waals surface area contributed by atoms with Gasteiger partial charge in [0, 0.05) is 11.8 Å². The minimum Gasteiger partial charge on any atom is -0.444 e. The summed E-state index contributed by atoms with van der Waals surface area (Å²) in [5, 5.41) is 3.12. The van der Waals surface area contributed by atoms with Crippen molar-refractivity contribution in [3.05, 3.63) is 0 Å². The third-order valence-electron chi connectivity index (χ3n) is 4.23. The predicted molar refractivity (Wildman–Crippen MR) is 77.1 cm³/mol. The van der Waals surface area contributed by atoms with Crippen LogP contribution in [0, 0.1) is 5.41 Å². The van der Waals surface area contributed by atoms with Crippen molar-refractivity contribution in [1.82, 2.24) is 5.32 Å². The van der Waals surface area contributed by atoms with Crippen LogP contribution in [0.2, 0.25) is 0 Å². The van der Waals surface area contributed by atoms with Crippen molar-refractivity contribution in [2.24, 2.45) is 5.41 Å². The van der Waals surface area contributed by atoms with E-state index in [0.717, 1.165) is 38.7 Å². The SMILES string of the molecule is CSOCC12CCC(NC(=O)OC(C)(C)C)(CC1)C2. The minimum absolute atomic E-state index is 0.0515. The first-order chi connectivity index (χ1) is 8.78. The van der Waals surface area contributed by atoms with E-state index in [1.807, 2.05) is 27.0 Å². The smallest absolute Gasteiger partial charge is 0.408 e. The van der Waals surface area contributed by atoms with Gasteiger partial charge in [-0.3, -0.25) is 0 Å². The molecule has 2 rings (SSSR count). The Bertz CT molecular complexity index is 343. The first-order valence-electron chi connectivity index (χ1n) is 6.95. The highest BCUT2D eigenvalue weighted by Crippen LogP contribution is 2.56. The molecule has 0 atom stereocenters. The lowest BCUT2D eigenvalue weighted by Gasteiger charge is -2.30. The molecule has 0 saturated heterocycles. The predicted octanol–water partition coefficient (Wildman–Crippen LogP) is 3.51. The third-order valence-corrected chi connectivity index (χ3v) is 4.58. The van der Waals surface area contributed by atoms with Crippen molar-refractivity contribution in [3.63, 3.8) is 0 Å². The van der Waals surface area contributed by atoms with Gasteiger partial charge in [-0.25, -0.2) is 4.79 Å². The average Bonchev–Trinajstić information content (AvgIpc) is 2.79. The molecule has 0 heterocycles. The van der Waals surface area contributed by atoms with Gasteiger partial charge < -0.3 is 14.2 Å². The second-order valence-electron chi connectivity index (χ2n) is 7.01. The van der Waals surface area contributed by atoms with E-state index >= 15 is 0 Å². The summed E-state index contributed by atoms with van der Waals surface area (Å²) in [6.45, 7) is 6.48. The standard InChI is InChI=1S/C14H25NO3S/c1-12(2,3)18-11(16)15-14-7-5-13(9-14,6-8-14)10-17-19-4/h5-10H2,1-4H3,(H,15,16). The van der Waals surface area contributed by atoms with Crippen LogP contribution in [0.3, 0.4) is 0 Å². The van der Waals surface area contributed by atoms with E-state index in [9.17, 15) is 4.79 Å². The summed E-state index contributed by atoms with van der Waals surface area (Å²) in [5.41, 5.74) is -0.209. The Balaban J connectivity index is 1.91. The van der Waals surface area contributed by atoms with Gasteiger partial charge in [0.25, 0.3) is 0 Å². The zero-order valence-corrected chi connectivity index (χ0v) is 13.2. The maximum absolute atomic E-state index is 11.9. The summed E-state index contributed by atoms with van der Waals surface area (Å²) < 4.78 is 10.9. The molecule has 0 radical (unpaired) electrons. The van der Waals surface area contributed by atoms with Gasteiger partial charge in [0.2, 0.25) is 0 Å². The van der Waals surface area contributed by atoms with E-state index in [4.69, 9.17) is 8.92 Å². The number of alkyl carbamates (subject to hydrolysis) is 1. The van der Waals surface area contributed by atoms with Gasteiger partial charge in [0.15, 0.2) is 0 Å². The number of hydrogen-bond acceptors (Lipinski definition) is 4. The Kier molecular flexibility index (Phi) is 4.07. The lowest BCUT2D eigenvalue weighted by Crippen LogP contribution is -2.47. The van der Waals surface area contributed by atoms with Crippen molar-refractivity contribution in [2.75, 3.05) is 12.9 Å². The normalized spacial score (nSPS) is 33.5. The fraction of sp³-hybridized carbons (Fsp3) is 0.929. The molecule has 2 bridgehead atoms. The molecule has 110 valence electrons. The first kappa shape index (κ1) is 15.0. The van der Waals surface area contributed by atoms with Crippen LogP contribution in [0.5, 0.6) is 0 Å². The van der Waals surface area contributed by atoms with Crippen LogP contribution < -0.4 is 5.32 Å². The fourth-order valence-corrected chi connectivity index (χ4v) is 3.77. The van der Waals surface area contributed by atoms with Crippen molar-refractivity contribution in [2.45, 2.75) is 64.0 Å². The number of carbonyl (C=O) groups is 1. The van der Waals surface area contributed by atoms with Crippen LogP contribution in [-0.2, 0) is 8.92 Å². The Hall–Kier alpha value is -0.420. The summed E-state index contributed by atoms with van der Waals surface area (Å²) in [5.74, 6) is 0. The van der Waals surface area contributed by atoms with Crippen molar-refractivity contribution >= 4 is 18.1 Å². The molecule has 1 N–H and O–H groups in total. The van der Waals surface area contributed by atoms with Crippen LogP contribution in [0.1, 0.15) is 52.9 Å². The highest BCUT2D eigenvalue weighted by molar-refractivity contribution is 7.93. The molecule has 0 aliphatic heterocycles. The van der Waals surface area contributed by atoms with Gasteiger partial charge in [-0.15, -0.1) is 0 Å². The van der Waals surface area contributed by atoms with E-state index in [0.29, 0.717) is 0 Å².